The lowest BCUT2D eigenvalue weighted by atomic mass is 9.64. The van der Waals surface area contributed by atoms with Crippen molar-refractivity contribution in [1.29, 1.82) is 0 Å². The molecule has 0 unspecified atom stereocenters. The molecule has 1 heterocycles. The third-order valence-corrected chi connectivity index (χ3v) is 6.60. The molecule has 4 nitrogen and oxygen atoms in total. The van der Waals surface area contributed by atoms with Crippen molar-refractivity contribution in [3.8, 4) is 5.75 Å². The van der Waals surface area contributed by atoms with Crippen LogP contribution in [0.2, 0.25) is 0 Å². The summed E-state index contributed by atoms with van der Waals surface area (Å²) < 4.78 is 17.5. The number of hydrogen-bond donors (Lipinski definition) is 1. The molecule has 1 aliphatic heterocycles. The third-order valence-electron chi connectivity index (χ3n) is 6.60. The zero-order chi connectivity index (χ0) is 18.0. The zero-order valence-corrected chi connectivity index (χ0v) is 15.7. The van der Waals surface area contributed by atoms with Gasteiger partial charge in [-0.2, -0.15) is 0 Å². The Morgan fingerprint density at radius 2 is 1.69 bits per heavy atom. The summed E-state index contributed by atoms with van der Waals surface area (Å²) in [7, 11) is 1.68. The van der Waals surface area contributed by atoms with E-state index in [1.165, 1.54) is 5.56 Å². The molecule has 0 bridgehead atoms. The molecule has 1 saturated heterocycles. The van der Waals surface area contributed by atoms with Crippen molar-refractivity contribution in [3.63, 3.8) is 0 Å². The molecule has 3 aliphatic rings. The zero-order valence-electron chi connectivity index (χ0n) is 15.7. The number of methoxy groups -OCH3 is 1. The van der Waals surface area contributed by atoms with E-state index in [2.05, 4.69) is 18.2 Å². The van der Waals surface area contributed by atoms with E-state index in [4.69, 9.17) is 14.2 Å². The highest BCUT2D eigenvalue weighted by atomic mass is 16.7. The maximum atomic E-state index is 10.6. The first-order valence-corrected chi connectivity index (χ1v) is 9.93. The van der Waals surface area contributed by atoms with Crippen LogP contribution in [0.25, 0.3) is 0 Å². The van der Waals surface area contributed by atoms with E-state index < -0.39 is 0 Å². The molecule has 0 amide bonds. The summed E-state index contributed by atoms with van der Waals surface area (Å²) in [6, 6.07) is 8.22. The fourth-order valence-electron chi connectivity index (χ4n) is 4.91. The maximum Gasteiger partial charge on any atom is 0.168 e. The van der Waals surface area contributed by atoms with Gasteiger partial charge in [-0.15, -0.1) is 0 Å². The smallest absolute Gasteiger partial charge is 0.168 e. The molecule has 1 aromatic rings. The van der Waals surface area contributed by atoms with Crippen LogP contribution >= 0.6 is 0 Å². The predicted molar refractivity (Wildman–Crippen MR) is 100 cm³/mol. The van der Waals surface area contributed by atoms with Crippen LogP contribution in [0.4, 0.5) is 0 Å². The van der Waals surface area contributed by atoms with Gasteiger partial charge in [-0.25, -0.2) is 0 Å². The van der Waals surface area contributed by atoms with Gasteiger partial charge in [0.05, 0.1) is 26.4 Å². The van der Waals surface area contributed by atoms with Gasteiger partial charge in [-0.05, 0) is 55.2 Å². The van der Waals surface area contributed by atoms with Gasteiger partial charge in [-0.1, -0.05) is 24.3 Å². The standard InChI is InChI=1S/C22H30O4/c1-24-18-6-4-17(5-7-18)16-19-20(23)8-9-21(19)10-12-22(13-11-21)25-14-2-3-15-26-22/h4-9,19-20,23H,2-3,10-16H2,1H3/t19-,20-/m0/s1. The van der Waals surface area contributed by atoms with Crippen LogP contribution in [0.1, 0.15) is 44.1 Å². The second-order valence-electron chi connectivity index (χ2n) is 8.06. The Morgan fingerprint density at radius 3 is 2.31 bits per heavy atom. The quantitative estimate of drug-likeness (QED) is 0.834. The Labute approximate surface area is 156 Å². The molecule has 1 N–H and O–H groups in total. The summed E-state index contributed by atoms with van der Waals surface area (Å²) in [5, 5.41) is 10.6. The van der Waals surface area contributed by atoms with Crippen LogP contribution in [0.15, 0.2) is 36.4 Å². The van der Waals surface area contributed by atoms with Gasteiger partial charge < -0.3 is 19.3 Å². The number of hydrogen-bond acceptors (Lipinski definition) is 4. The number of ether oxygens (including phenoxy) is 3. The van der Waals surface area contributed by atoms with Gasteiger partial charge in [0.15, 0.2) is 5.79 Å². The number of aliphatic hydroxyl groups excluding tert-OH is 1. The predicted octanol–water partition coefficient (Wildman–Crippen LogP) is 3.87. The number of benzene rings is 1. The van der Waals surface area contributed by atoms with Gasteiger partial charge >= 0.3 is 0 Å². The molecule has 0 aromatic heterocycles. The van der Waals surface area contributed by atoms with E-state index in [1.54, 1.807) is 7.11 Å². The summed E-state index contributed by atoms with van der Waals surface area (Å²) in [6.07, 6.45) is 10.8. The van der Waals surface area contributed by atoms with Crippen molar-refractivity contribution in [3.05, 3.63) is 42.0 Å². The minimum atomic E-state index is -0.381. The van der Waals surface area contributed by atoms with Gasteiger partial charge in [-0.3, -0.25) is 0 Å². The molecular weight excluding hydrogens is 328 g/mol. The number of aliphatic hydroxyl groups is 1. The van der Waals surface area contributed by atoms with Crippen LogP contribution < -0.4 is 4.74 Å². The normalized spacial score (nSPS) is 29.8. The van der Waals surface area contributed by atoms with Crippen molar-refractivity contribution < 1.29 is 19.3 Å². The van der Waals surface area contributed by atoms with E-state index in [-0.39, 0.29) is 23.2 Å². The van der Waals surface area contributed by atoms with Crippen LogP contribution in [-0.4, -0.2) is 37.3 Å². The monoisotopic (exact) mass is 358 g/mol. The van der Waals surface area contributed by atoms with E-state index >= 15 is 0 Å². The molecular formula is C22H30O4. The molecule has 142 valence electrons. The van der Waals surface area contributed by atoms with E-state index in [1.807, 2.05) is 18.2 Å². The Morgan fingerprint density at radius 1 is 1.04 bits per heavy atom. The highest BCUT2D eigenvalue weighted by Crippen LogP contribution is 2.53. The summed E-state index contributed by atoms with van der Waals surface area (Å²) in [5.74, 6) is 0.711. The minimum Gasteiger partial charge on any atom is -0.497 e. The van der Waals surface area contributed by atoms with Crippen molar-refractivity contribution in [2.45, 2.75) is 56.8 Å². The average Bonchev–Trinajstić information content (AvgIpc) is 2.85. The Kier molecular flexibility index (Phi) is 5.09. The molecule has 1 aromatic carbocycles. The molecule has 4 rings (SSSR count). The van der Waals surface area contributed by atoms with E-state index in [9.17, 15) is 5.11 Å². The Bertz CT molecular complexity index is 618. The number of rotatable bonds is 3. The Balaban J connectivity index is 1.47. The number of allylic oxidation sites excluding steroid dienone is 1. The molecule has 2 fully saturated rings. The van der Waals surface area contributed by atoms with Crippen LogP contribution in [-0.2, 0) is 15.9 Å². The maximum absolute atomic E-state index is 10.6. The van der Waals surface area contributed by atoms with Crippen LogP contribution in [0, 0.1) is 11.3 Å². The summed E-state index contributed by atoms with van der Waals surface area (Å²) in [6.45, 7) is 1.61. The molecule has 2 aliphatic carbocycles. The molecule has 1 saturated carbocycles. The molecule has 0 radical (unpaired) electrons. The summed E-state index contributed by atoms with van der Waals surface area (Å²) in [4.78, 5) is 0. The lowest BCUT2D eigenvalue weighted by molar-refractivity contribution is -0.251. The fraction of sp³-hybridized carbons (Fsp3) is 0.636. The van der Waals surface area contributed by atoms with Crippen molar-refractivity contribution in [2.24, 2.45) is 11.3 Å². The van der Waals surface area contributed by atoms with E-state index in [0.717, 1.165) is 63.9 Å². The lowest BCUT2D eigenvalue weighted by Gasteiger charge is -2.46. The fourth-order valence-corrected chi connectivity index (χ4v) is 4.91. The summed E-state index contributed by atoms with van der Waals surface area (Å²) in [5.41, 5.74) is 1.31. The molecule has 2 spiro atoms. The van der Waals surface area contributed by atoms with Gasteiger partial charge in [0.2, 0.25) is 0 Å². The van der Waals surface area contributed by atoms with Crippen molar-refractivity contribution >= 4 is 0 Å². The van der Waals surface area contributed by atoms with Crippen molar-refractivity contribution in [1.82, 2.24) is 0 Å². The van der Waals surface area contributed by atoms with Gasteiger partial charge in [0, 0.05) is 18.8 Å². The lowest BCUT2D eigenvalue weighted by Crippen LogP contribution is -2.45. The first-order valence-electron chi connectivity index (χ1n) is 9.93. The average molecular weight is 358 g/mol. The highest BCUT2D eigenvalue weighted by molar-refractivity contribution is 5.29. The highest BCUT2D eigenvalue weighted by Gasteiger charge is 2.50. The minimum absolute atomic E-state index is 0.0591. The molecule has 2 atom stereocenters. The van der Waals surface area contributed by atoms with Crippen molar-refractivity contribution in [2.75, 3.05) is 20.3 Å². The second kappa shape index (κ2) is 7.34. The Hall–Kier alpha value is -1.36. The molecule has 26 heavy (non-hydrogen) atoms. The summed E-state index contributed by atoms with van der Waals surface area (Å²) >= 11 is 0. The topological polar surface area (TPSA) is 47.9 Å². The molecule has 4 heteroatoms. The third kappa shape index (κ3) is 3.42. The van der Waals surface area contributed by atoms with Crippen LogP contribution in [0.5, 0.6) is 5.75 Å². The SMILES string of the molecule is COc1ccc(C[C@H]2[C@@H](O)C=CC23CCC2(CC3)OCCCCO2)cc1. The second-order valence-corrected chi connectivity index (χ2v) is 8.06. The first kappa shape index (κ1) is 18.0. The van der Waals surface area contributed by atoms with Gasteiger partial charge in [0.25, 0.3) is 0 Å². The largest absolute Gasteiger partial charge is 0.497 e. The van der Waals surface area contributed by atoms with Crippen LogP contribution in [0.3, 0.4) is 0 Å². The van der Waals surface area contributed by atoms with E-state index in [0.29, 0.717) is 0 Å². The van der Waals surface area contributed by atoms with Gasteiger partial charge in [0.1, 0.15) is 5.75 Å². The first-order chi connectivity index (χ1) is 12.6.